The molecule has 0 atom stereocenters. The van der Waals surface area contributed by atoms with Gasteiger partial charge in [0.15, 0.2) is 4.47 Å². The van der Waals surface area contributed by atoms with Crippen molar-refractivity contribution in [3.63, 3.8) is 0 Å². The minimum absolute atomic E-state index is 0.0147. The van der Waals surface area contributed by atoms with E-state index in [1.165, 1.54) is 39.8 Å². The number of halogens is 5. The number of thiazole rings is 1. The van der Waals surface area contributed by atoms with Crippen molar-refractivity contribution >= 4 is 40.2 Å². The van der Waals surface area contributed by atoms with Crippen LogP contribution in [0, 0.1) is 0 Å². The fourth-order valence-corrected chi connectivity index (χ4v) is 5.63. The van der Waals surface area contributed by atoms with E-state index in [4.69, 9.17) is 23.2 Å². The highest BCUT2D eigenvalue weighted by molar-refractivity contribution is 7.15. The van der Waals surface area contributed by atoms with Gasteiger partial charge in [-0.2, -0.15) is 17.6 Å². The summed E-state index contributed by atoms with van der Waals surface area (Å²) in [5.74, 6) is -0.746. The van der Waals surface area contributed by atoms with Crippen molar-refractivity contribution in [2.45, 2.75) is 12.7 Å². The van der Waals surface area contributed by atoms with Crippen LogP contribution in [0.3, 0.4) is 0 Å². The maximum atomic E-state index is 14.1. The summed E-state index contributed by atoms with van der Waals surface area (Å²) in [5, 5.41) is 14.2. The van der Waals surface area contributed by atoms with Crippen molar-refractivity contribution < 1.29 is 22.8 Å². The number of fused-ring (bicyclic) bond motifs is 1. The van der Waals surface area contributed by atoms with Crippen molar-refractivity contribution in [3.05, 3.63) is 116 Å². The lowest BCUT2D eigenvalue weighted by Crippen LogP contribution is -2.44. The number of rotatable bonds is 5. The van der Waals surface area contributed by atoms with E-state index < -0.39 is 28.7 Å². The Balaban J connectivity index is 1.53. The zero-order valence-electron chi connectivity index (χ0n) is 21.1. The molecule has 0 aliphatic carbocycles. The lowest BCUT2D eigenvalue weighted by molar-refractivity contribution is -0.707. The molecule has 5 aromatic heterocycles. The second-order valence-electron chi connectivity index (χ2n) is 9.18. The second-order valence-corrected chi connectivity index (χ2v) is 11.3. The van der Waals surface area contributed by atoms with E-state index in [-0.39, 0.29) is 27.8 Å². The molecule has 0 radical (unpaired) electrons. The maximum Gasteiger partial charge on any atom is 0.416 e. The van der Waals surface area contributed by atoms with Crippen LogP contribution in [0.4, 0.5) is 13.2 Å². The van der Waals surface area contributed by atoms with E-state index in [0.29, 0.717) is 26.9 Å². The average molecular weight is 626 g/mol. The minimum atomic E-state index is -4.75. The highest BCUT2D eigenvalue weighted by Crippen LogP contribution is 2.37. The molecule has 1 aromatic carbocycles. The lowest BCUT2D eigenvalue weighted by Gasteiger charge is -2.18. The highest BCUT2D eigenvalue weighted by atomic mass is 35.5. The van der Waals surface area contributed by atoms with Gasteiger partial charge in [-0.15, -0.1) is 11.3 Å². The predicted octanol–water partition coefficient (Wildman–Crippen LogP) is 6.28. The van der Waals surface area contributed by atoms with Gasteiger partial charge in [-0.25, -0.2) is 19.3 Å². The van der Waals surface area contributed by atoms with Crippen LogP contribution in [0.5, 0.6) is 5.88 Å². The number of alkyl halides is 3. The van der Waals surface area contributed by atoms with Gasteiger partial charge >= 0.3 is 11.7 Å². The number of pyridine rings is 3. The van der Waals surface area contributed by atoms with Crippen molar-refractivity contribution in [3.8, 4) is 39.4 Å². The largest absolute Gasteiger partial charge is 0.842 e. The van der Waals surface area contributed by atoms with Crippen LogP contribution >= 0.6 is 34.5 Å². The molecule has 7 nitrogen and oxygen atoms in total. The Morgan fingerprint density at radius 3 is 2.31 bits per heavy atom. The van der Waals surface area contributed by atoms with Crippen LogP contribution in [0.15, 0.2) is 90.2 Å². The van der Waals surface area contributed by atoms with E-state index in [9.17, 15) is 23.1 Å². The molecule has 0 N–H and O–H groups in total. The molecule has 0 saturated carbocycles. The molecule has 0 fully saturated rings. The van der Waals surface area contributed by atoms with Crippen molar-refractivity contribution in [2.75, 3.05) is 0 Å². The number of hydrogen-bond donors (Lipinski definition) is 0. The third kappa shape index (κ3) is 5.34. The monoisotopic (exact) mass is 625 g/mol. The van der Waals surface area contributed by atoms with Gasteiger partial charge in [0.25, 0.3) is 5.65 Å². The standard InChI is InChI=1S/C29H16Cl2F3N5O2S/c30-23-7-5-17(13-36-23)22-6-4-16(12-35-22)18-9-19(11-20(10-18)29(32,33)34)25-26(40)38-8-2-1-3-24(38)39(27(25)41)15-21-14-37-28(31)42-21/h1-14H,15H2. The minimum Gasteiger partial charge on any atom is -0.842 e. The first-order valence-corrected chi connectivity index (χ1v) is 13.8. The quantitative estimate of drug-likeness (QED) is 0.166. The first-order chi connectivity index (χ1) is 20.1. The lowest BCUT2D eigenvalue weighted by atomic mass is 9.97. The maximum absolute atomic E-state index is 14.1. The van der Waals surface area contributed by atoms with Crippen molar-refractivity contribution in [1.29, 1.82) is 0 Å². The molecule has 0 aliphatic heterocycles. The Morgan fingerprint density at radius 2 is 1.64 bits per heavy atom. The molecule has 42 heavy (non-hydrogen) atoms. The summed E-state index contributed by atoms with van der Waals surface area (Å²) < 4.78 is 45.1. The topological polar surface area (TPSA) is 87.1 Å². The van der Waals surface area contributed by atoms with Gasteiger partial charge < -0.3 is 5.11 Å². The third-order valence-electron chi connectivity index (χ3n) is 6.51. The molecule has 0 bridgehead atoms. The molecule has 0 aliphatic rings. The molecular formula is C29H16Cl2F3N5O2S. The molecule has 6 aromatic rings. The van der Waals surface area contributed by atoms with Crippen LogP contribution in [0.2, 0.25) is 9.62 Å². The first-order valence-electron chi connectivity index (χ1n) is 12.2. The molecule has 5 heterocycles. The summed E-state index contributed by atoms with van der Waals surface area (Å²) in [6.07, 6.45) is 1.16. The summed E-state index contributed by atoms with van der Waals surface area (Å²) in [6, 6.07) is 14.6. The van der Waals surface area contributed by atoms with E-state index >= 15 is 0 Å². The molecule has 6 rings (SSSR count). The van der Waals surface area contributed by atoms with Gasteiger partial charge in [0.2, 0.25) is 0 Å². The Hall–Kier alpha value is -4.32. The Labute approximate surface area is 249 Å². The highest BCUT2D eigenvalue weighted by Gasteiger charge is 2.32. The van der Waals surface area contributed by atoms with E-state index in [1.54, 1.807) is 42.5 Å². The average Bonchev–Trinajstić information content (AvgIpc) is 3.40. The summed E-state index contributed by atoms with van der Waals surface area (Å²) in [7, 11) is 0. The molecule has 13 heteroatoms. The smallest absolute Gasteiger partial charge is 0.416 e. The molecule has 210 valence electrons. The summed E-state index contributed by atoms with van der Waals surface area (Å²) in [6.45, 7) is 0.0147. The van der Waals surface area contributed by atoms with Gasteiger partial charge in [-0.3, -0.25) is 4.98 Å². The fraction of sp³-hybridized carbons (Fsp3) is 0.0690. The van der Waals surface area contributed by atoms with E-state index in [1.807, 2.05) is 0 Å². The number of hydrogen-bond acceptors (Lipinski definition) is 6. The number of benzene rings is 1. The first kappa shape index (κ1) is 27.8. The van der Waals surface area contributed by atoms with Gasteiger partial charge in [0, 0.05) is 35.8 Å². The van der Waals surface area contributed by atoms with Crippen LogP contribution in [-0.2, 0) is 12.7 Å². The Kier molecular flexibility index (Phi) is 7.17. The van der Waals surface area contributed by atoms with Gasteiger partial charge in [0.1, 0.15) is 17.3 Å². The van der Waals surface area contributed by atoms with E-state index in [2.05, 4.69) is 15.0 Å². The van der Waals surface area contributed by atoms with Crippen LogP contribution < -0.4 is 15.2 Å². The van der Waals surface area contributed by atoms with Crippen molar-refractivity contribution in [2.24, 2.45) is 0 Å². The van der Waals surface area contributed by atoms with Crippen LogP contribution in [0.25, 0.3) is 39.2 Å². The SMILES string of the molecule is O=c1c(-c2cc(-c3ccc(-c4ccc(Cl)nc4)nc3)cc(C(F)(F)F)c2)c([O-])[n+](Cc2cnc(Cl)s2)c2ccccn12. The van der Waals surface area contributed by atoms with Crippen molar-refractivity contribution in [1.82, 2.24) is 19.4 Å². The zero-order chi connectivity index (χ0) is 29.6. The summed E-state index contributed by atoms with van der Waals surface area (Å²) in [5.41, 5.74) is -0.379. The normalized spacial score (nSPS) is 11.7. The summed E-state index contributed by atoms with van der Waals surface area (Å²) in [4.78, 5) is 26.6. The third-order valence-corrected chi connectivity index (χ3v) is 7.84. The van der Waals surface area contributed by atoms with E-state index in [0.717, 1.165) is 23.5 Å². The number of aromatic nitrogens is 5. The van der Waals surface area contributed by atoms with Gasteiger partial charge in [-0.05, 0) is 53.6 Å². The fourth-order valence-electron chi connectivity index (χ4n) is 4.55. The molecule has 0 amide bonds. The second kappa shape index (κ2) is 10.8. The zero-order valence-corrected chi connectivity index (χ0v) is 23.5. The molecule has 0 spiro atoms. The number of nitrogens with zero attached hydrogens (tertiary/aromatic N) is 5. The van der Waals surface area contributed by atoms with Crippen LogP contribution in [-0.4, -0.2) is 19.4 Å². The molecular weight excluding hydrogens is 610 g/mol. The van der Waals surface area contributed by atoms with Gasteiger partial charge in [0.05, 0.1) is 28.2 Å². The predicted molar refractivity (Wildman–Crippen MR) is 151 cm³/mol. The summed E-state index contributed by atoms with van der Waals surface area (Å²) >= 11 is 13.0. The molecule has 0 unspecified atom stereocenters. The Morgan fingerprint density at radius 1 is 0.881 bits per heavy atom. The Bertz CT molecular complexity index is 2010. The van der Waals surface area contributed by atoms with Crippen LogP contribution in [0.1, 0.15) is 10.4 Å². The van der Waals surface area contributed by atoms with Gasteiger partial charge in [-0.1, -0.05) is 35.3 Å². The molecule has 0 saturated heterocycles.